The topological polar surface area (TPSA) is 70.2 Å². The number of hydrogen-bond donors (Lipinski definition) is 0. The first kappa shape index (κ1) is 12.3. The third kappa shape index (κ3) is 2.27. The number of hydrogen-bond acceptors (Lipinski definition) is 5. The highest BCUT2D eigenvalue weighted by Crippen LogP contribution is 2.14. The molecule has 2 aromatic heterocycles. The van der Waals surface area contributed by atoms with Crippen molar-refractivity contribution in [1.29, 1.82) is 0 Å². The van der Waals surface area contributed by atoms with E-state index in [2.05, 4.69) is 14.9 Å². The average molecular weight is 249 g/mol. The van der Waals surface area contributed by atoms with Crippen LogP contribution >= 0.6 is 0 Å². The van der Waals surface area contributed by atoms with Gasteiger partial charge in [-0.25, -0.2) is 9.42 Å². The summed E-state index contributed by atoms with van der Waals surface area (Å²) in [5, 5.41) is 7.52. The van der Waals surface area contributed by atoms with Gasteiger partial charge in [0.2, 0.25) is 0 Å². The van der Waals surface area contributed by atoms with Gasteiger partial charge in [0.1, 0.15) is 17.1 Å². The van der Waals surface area contributed by atoms with Gasteiger partial charge in [0.15, 0.2) is 0 Å². The zero-order chi connectivity index (χ0) is 13.1. The Hall–Kier alpha value is -2.11. The Labute approximate surface area is 105 Å². The van der Waals surface area contributed by atoms with E-state index in [4.69, 9.17) is 4.74 Å². The molecule has 2 aromatic rings. The SMILES string of the molecule is CCOC(=O)c1c(C)ccn1Cc1nonc1C. The first-order valence-electron chi connectivity index (χ1n) is 5.74. The molecule has 0 aliphatic rings. The van der Waals surface area contributed by atoms with Gasteiger partial charge in [-0.05, 0) is 32.4 Å². The maximum absolute atomic E-state index is 11.9. The minimum absolute atomic E-state index is 0.325. The van der Waals surface area contributed by atoms with Crippen LogP contribution in [0.3, 0.4) is 0 Å². The van der Waals surface area contributed by atoms with E-state index in [-0.39, 0.29) is 5.97 Å². The molecule has 0 atom stereocenters. The van der Waals surface area contributed by atoms with Crippen molar-refractivity contribution in [2.45, 2.75) is 27.3 Å². The third-order valence-corrected chi connectivity index (χ3v) is 2.70. The van der Waals surface area contributed by atoms with Crippen LogP contribution in [0.15, 0.2) is 16.9 Å². The lowest BCUT2D eigenvalue weighted by Crippen LogP contribution is -2.14. The van der Waals surface area contributed by atoms with Crippen molar-refractivity contribution in [3.63, 3.8) is 0 Å². The number of ether oxygens (including phenoxy) is 1. The molecule has 0 saturated carbocycles. The Morgan fingerprint density at radius 1 is 1.44 bits per heavy atom. The fourth-order valence-electron chi connectivity index (χ4n) is 1.75. The summed E-state index contributed by atoms with van der Waals surface area (Å²) in [6.07, 6.45) is 1.83. The Balaban J connectivity index is 2.29. The summed E-state index contributed by atoms with van der Waals surface area (Å²) < 4.78 is 11.5. The summed E-state index contributed by atoms with van der Waals surface area (Å²) in [5.41, 5.74) is 2.84. The smallest absolute Gasteiger partial charge is 0.355 e. The lowest BCUT2D eigenvalue weighted by molar-refractivity contribution is 0.0513. The predicted octanol–water partition coefficient (Wildman–Crippen LogP) is 1.71. The van der Waals surface area contributed by atoms with Gasteiger partial charge in [-0.2, -0.15) is 0 Å². The largest absolute Gasteiger partial charge is 0.461 e. The standard InChI is InChI=1S/C12H15N3O3/c1-4-17-12(16)11-8(2)5-6-15(11)7-10-9(3)13-18-14-10/h5-6H,4,7H2,1-3H3. The van der Waals surface area contributed by atoms with Gasteiger partial charge in [0.25, 0.3) is 0 Å². The first-order valence-corrected chi connectivity index (χ1v) is 5.74. The van der Waals surface area contributed by atoms with E-state index < -0.39 is 0 Å². The molecule has 2 heterocycles. The van der Waals surface area contributed by atoms with Gasteiger partial charge in [0, 0.05) is 6.20 Å². The second-order valence-corrected chi connectivity index (χ2v) is 3.99. The lowest BCUT2D eigenvalue weighted by atomic mass is 10.2. The van der Waals surface area contributed by atoms with E-state index in [1.807, 2.05) is 26.1 Å². The summed E-state index contributed by atoms with van der Waals surface area (Å²) in [4.78, 5) is 11.9. The van der Waals surface area contributed by atoms with Crippen molar-refractivity contribution in [3.8, 4) is 0 Å². The van der Waals surface area contributed by atoms with Crippen molar-refractivity contribution >= 4 is 5.97 Å². The third-order valence-electron chi connectivity index (χ3n) is 2.70. The van der Waals surface area contributed by atoms with Crippen molar-refractivity contribution in [1.82, 2.24) is 14.9 Å². The Morgan fingerprint density at radius 2 is 2.22 bits per heavy atom. The number of esters is 1. The van der Waals surface area contributed by atoms with Crippen LogP contribution in [0.4, 0.5) is 0 Å². The number of aromatic nitrogens is 3. The van der Waals surface area contributed by atoms with Gasteiger partial charge in [-0.3, -0.25) is 0 Å². The second-order valence-electron chi connectivity index (χ2n) is 3.99. The summed E-state index contributed by atoms with van der Waals surface area (Å²) in [6, 6.07) is 1.87. The molecule has 0 unspecified atom stereocenters. The Morgan fingerprint density at radius 3 is 2.83 bits per heavy atom. The highest BCUT2D eigenvalue weighted by molar-refractivity contribution is 5.89. The molecule has 96 valence electrons. The molecule has 0 fully saturated rings. The minimum Gasteiger partial charge on any atom is -0.461 e. The van der Waals surface area contributed by atoms with Crippen molar-refractivity contribution in [2.75, 3.05) is 6.61 Å². The van der Waals surface area contributed by atoms with Crippen LogP contribution in [0.25, 0.3) is 0 Å². The molecule has 0 radical (unpaired) electrons. The van der Waals surface area contributed by atoms with Crippen LogP contribution in [0.1, 0.15) is 34.4 Å². The molecule has 0 amide bonds. The second kappa shape index (κ2) is 5.03. The van der Waals surface area contributed by atoms with Crippen molar-refractivity contribution in [3.05, 3.63) is 34.9 Å². The van der Waals surface area contributed by atoms with Crippen LogP contribution in [-0.2, 0) is 11.3 Å². The highest BCUT2D eigenvalue weighted by atomic mass is 16.6. The number of aryl methyl sites for hydroxylation is 2. The van der Waals surface area contributed by atoms with E-state index in [1.54, 1.807) is 11.5 Å². The monoisotopic (exact) mass is 249 g/mol. The van der Waals surface area contributed by atoms with Crippen molar-refractivity contribution < 1.29 is 14.2 Å². The highest BCUT2D eigenvalue weighted by Gasteiger charge is 2.17. The van der Waals surface area contributed by atoms with E-state index in [0.717, 1.165) is 11.3 Å². The molecule has 0 N–H and O–H groups in total. The summed E-state index contributed by atoms with van der Waals surface area (Å²) in [7, 11) is 0. The van der Waals surface area contributed by atoms with Crippen LogP contribution in [0, 0.1) is 13.8 Å². The van der Waals surface area contributed by atoms with E-state index >= 15 is 0 Å². The molecule has 2 rings (SSSR count). The molecule has 18 heavy (non-hydrogen) atoms. The maximum atomic E-state index is 11.9. The van der Waals surface area contributed by atoms with Crippen LogP contribution in [0.5, 0.6) is 0 Å². The van der Waals surface area contributed by atoms with Gasteiger partial charge in [-0.15, -0.1) is 0 Å². The molecule has 0 aliphatic heterocycles. The van der Waals surface area contributed by atoms with E-state index in [0.29, 0.717) is 24.5 Å². The quantitative estimate of drug-likeness (QED) is 0.771. The lowest BCUT2D eigenvalue weighted by Gasteiger charge is -2.08. The van der Waals surface area contributed by atoms with Gasteiger partial charge in [-0.1, -0.05) is 10.3 Å². The predicted molar refractivity (Wildman–Crippen MR) is 63.3 cm³/mol. The Bertz CT molecular complexity index is 557. The molecule has 0 saturated heterocycles. The minimum atomic E-state index is -0.325. The molecule has 0 aliphatic carbocycles. The van der Waals surface area contributed by atoms with E-state index in [1.165, 1.54) is 0 Å². The average Bonchev–Trinajstić information content (AvgIpc) is 2.88. The molecular formula is C12H15N3O3. The molecule has 0 spiro atoms. The van der Waals surface area contributed by atoms with Gasteiger partial charge < -0.3 is 9.30 Å². The molecular weight excluding hydrogens is 234 g/mol. The fraction of sp³-hybridized carbons (Fsp3) is 0.417. The molecule has 0 bridgehead atoms. The van der Waals surface area contributed by atoms with Gasteiger partial charge >= 0.3 is 5.97 Å². The molecule has 0 aromatic carbocycles. The fourth-order valence-corrected chi connectivity index (χ4v) is 1.75. The molecule has 6 nitrogen and oxygen atoms in total. The normalized spacial score (nSPS) is 10.6. The number of carbonyl (C=O) groups is 1. The van der Waals surface area contributed by atoms with E-state index in [9.17, 15) is 4.79 Å². The zero-order valence-corrected chi connectivity index (χ0v) is 10.6. The number of carbonyl (C=O) groups excluding carboxylic acids is 1. The maximum Gasteiger partial charge on any atom is 0.355 e. The summed E-state index contributed by atoms with van der Waals surface area (Å²) >= 11 is 0. The van der Waals surface area contributed by atoms with Crippen molar-refractivity contribution in [2.24, 2.45) is 0 Å². The number of nitrogens with zero attached hydrogens (tertiary/aromatic N) is 3. The Kier molecular flexibility index (Phi) is 3.45. The van der Waals surface area contributed by atoms with Crippen LogP contribution < -0.4 is 0 Å². The number of rotatable bonds is 4. The zero-order valence-electron chi connectivity index (χ0n) is 10.6. The summed E-state index contributed by atoms with van der Waals surface area (Å²) in [6.45, 7) is 6.26. The molecule has 6 heteroatoms. The van der Waals surface area contributed by atoms with Gasteiger partial charge in [0.05, 0.1) is 13.2 Å². The first-order chi connectivity index (χ1) is 8.63. The summed E-state index contributed by atoms with van der Waals surface area (Å²) in [5.74, 6) is -0.325. The van der Waals surface area contributed by atoms with Crippen LogP contribution in [0.2, 0.25) is 0 Å². The van der Waals surface area contributed by atoms with Crippen LogP contribution in [-0.4, -0.2) is 27.5 Å².